The van der Waals surface area contributed by atoms with Crippen LogP contribution >= 0.6 is 0 Å². The molecular weight excluding hydrogens is 358 g/mol. The zero-order valence-electron chi connectivity index (χ0n) is 15.5. The number of ether oxygens (including phenoxy) is 3. The maximum absolute atomic E-state index is 11.0. The largest absolute Gasteiger partial charge is 0.454 e. The molecule has 1 aromatic carbocycles. The average molecular weight is 385 g/mol. The number of fused-ring (bicyclic) bond motifs is 1. The van der Waals surface area contributed by atoms with Crippen LogP contribution in [0.1, 0.15) is 12.5 Å². The van der Waals surface area contributed by atoms with Gasteiger partial charge in [0.1, 0.15) is 9.84 Å². The van der Waals surface area contributed by atoms with Crippen molar-refractivity contribution < 1.29 is 22.6 Å². The molecule has 0 radical (unpaired) electrons. The minimum absolute atomic E-state index is 0.0286. The lowest BCUT2D eigenvalue weighted by molar-refractivity contribution is 0.157. The Morgan fingerprint density at radius 1 is 1.31 bits per heavy atom. The summed E-state index contributed by atoms with van der Waals surface area (Å²) in [4.78, 5) is 6.53. The minimum Gasteiger partial charge on any atom is -0.454 e. The Hall–Kier alpha value is -2.00. The molecule has 2 rings (SSSR count). The van der Waals surface area contributed by atoms with E-state index in [9.17, 15) is 8.42 Å². The Bertz CT molecular complexity index is 721. The minimum atomic E-state index is -2.99. The SMILES string of the molecule is CCNC(=NCCOCCS(C)(=O)=O)N(C)Cc1ccc2c(c1)OCO2. The molecule has 0 saturated carbocycles. The first-order valence-electron chi connectivity index (χ1n) is 8.52. The molecule has 0 amide bonds. The van der Waals surface area contributed by atoms with Crippen molar-refractivity contribution in [2.75, 3.05) is 52.2 Å². The van der Waals surface area contributed by atoms with Crippen LogP contribution in [-0.2, 0) is 21.1 Å². The van der Waals surface area contributed by atoms with Gasteiger partial charge in [0.2, 0.25) is 6.79 Å². The van der Waals surface area contributed by atoms with Crippen molar-refractivity contribution in [1.29, 1.82) is 0 Å². The van der Waals surface area contributed by atoms with Crippen molar-refractivity contribution in [1.82, 2.24) is 10.2 Å². The van der Waals surface area contributed by atoms with Crippen molar-refractivity contribution >= 4 is 15.8 Å². The quantitative estimate of drug-likeness (QED) is 0.383. The van der Waals surface area contributed by atoms with Gasteiger partial charge in [-0.3, -0.25) is 4.99 Å². The van der Waals surface area contributed by atoms with Crippen LogP contribution in [0.5, 0.6) is 11.5 Å². The van der Waals surface area contributed by atoms with E-state index in [1.165, 1.54) is 6.26 Å². The van der Waals surface area contributed by atoms with E-state index >= 15 is 0 Å². The third-order valence-electron chi connectivity index (χ3n) is 3.65. The molecule has 1 heterocycles. The van der Waals surface area contributed by atoms with Crippen LogP contribution in [0.25, 0.3) is 0 Å². The highest BCUT2D eigenvalue weighted by atomic mass is 32.2. The molecule has 0 atom stereocenters. The normalized spacial score (nSPS) is 13.7. The van der Waals surface area contributed by atoms with Crippen LogP contribution < -0.4 is 14.8 Å². The summed E-state index contributed by atoms with van der Waals surface area (Å²) >= 11 is 0. The Morgan fingerprint density at radius 3 is 2.81 bits per heavy atom. The lowest BCUT2D eigenvalue weighted by Gasteiger charge is -2.22. The summed E-state index contributed by atoms with van der Waals surface area (Å²) in [5, 5.41) is 3.24. The van der Waals surface area contributed by atoms with Crippen LogP contribution in [0.3, 0.4) is 0 Å². The van der Waals surface area contributed by atoms with Gasteiger partial charge in [-0.1, -0.05) is 6.07 Å². The van der Waals surface area contributed by atoms with E-state index in [4.69, 9.17) is 14.2 Å². The summed E-state index contributed by atoms with van der Waals surface area (Å²) in [7, 11) is -1.03. The fraction of sp³-hybridized carbons (Fsp3) is 0.588. The average Bonchev–Trinajstić information content (AvgIpc) is 3.03. The van der Waals surface area contributed by atoms with Crippen LogP contribution in [0, 0.1) is 0 Å². The van der Waals surface area contributed by atoms with E-state index in [0.29, 0.717) is 19.7 Å². The molecule has 8 nitrogen and oxygen atoms in total. The summed E-state index contributed by atoms with van der Waals surface area (Å²) < 4.78 is 38.2. The number of hydrogen-bond donors (Lipinski definition) is 1. The summed E-state index contributed by atoms with van der Waals surface area (Å²) in [5.41, 5.74) is 1.09. The fourth-order valence-electron chi connectivity index (χ4n) is 2.39. The number of benzene rings is 1. The lowest BCUT2D eigenvalue weighted by Crippen LogP contribution is -2.38. The molecule has 146 valence electrons. The van der Waals surface area contributed by atoms with Crippen LogP contribution in [-0.4, -0.2) is 71.4 Å². The standard InChI is InChI=1S/C17H27N3O5S/c1-4-18-17(19-7-8-23-9-10-26(3,21)22)20(2)12-14-5-6-15-16(11-14)25-13-24-15/h5-6,11H,4,7-10,12-13H2,1-3H3,(H,18,19). The van der Waals surface area contributed by atoms with Crippen LogP contribution in [0.4, 0.5) is 0 Å². The second kappa shape index (κ2) is 9.63. The molecule has 0 unspecified atom stereocenters. The number of hydrogen-bond acceptors (Lipinski definition) is 6. The first-order chi connectivity index (χ1) is 12.4. The molecule has 1 aliphatic heterocycles. The molecule has 0 aromatic heterocycles. The Morgan fingerprint density at radius 2 is 2.08 bits per heavy atom. The Labute approximate surface area is 155 Å². The van der Waals surface area contributed by atoms with Gasteiger partial charge in [0.05, 0.1) is 25.5 Å². The maximum atomic E-state index is 11.0. The highest BCUT2D eigenvalue weighted by Crippen LogP contribution is 2.32. The second-order valence-electron chi connectivity index (χ2n) is 6.02. The number of nitrogens with one attached hydrogen (secondary N) is 1. The van der Waals surface area contributed by atoms with Gasteiger partial charge in [-0.2, -0.15) is 0 Å². The predicted molar refractivity (Wildman–Crippen MR) is 101 cm³/mol. The monoisotopic (exact) mass is 385 g/mol. The first kappa shape index (κ1) is 20.3. The van der Waals surface area contributed by atoms with E-state index in [1.54, 1.807) is 0 Å². The van der Waals surface area contributed by atoms with Gasteiger partial charge in [0.25, 0.3) is 0 Å². The molecular formula is C17H27N3O5S. The topological polar surface area (TPSA) is 89.5 Å². The Kier molecular flexibility index (Phi) is 7.52. The lowest BCUT2D eigenvalue weighted by atomic mass is 10.2. The van der Waals surface area contributed by atoms with Gasteiger partial charge >= 0.3 is 0 Å². The van der Waals surface area contributed by atoms with E-state index in [-0.39, 0.29) is 19.2 Å². The number of nitrogens with zero attached hydrogens (tertiary/aromatic N) is 2. The third kappa shape index (κ3) is 6.72. The molecule has 0 fully saturated rings. The summed E-state index contributed by atoms with van der Waals surface area (Å²) in [6.45, 7) is 4.71. The molecule has 1 aromatic rings. The number of aliphatic imine (C=N–C) groups is 1. The number of rotatable bonds is 9. The van der Waals surface area contributed by atoms with E-state index in [2.05, 4.69) is 10.3 Å². The zero-order chi connectivity index (χ0) is 19.0. The van der Waals surface area contributed by atoms with Crippen molar-refractivity contribution in [3.63, 3.8) is 0 Å². The number of sulfone groups is 1. The first-order valence-corrected chi connectivity index (χ1v) is 10.6. The maximum Gasteiger partial charge on any atom is 0.231 e. The highest BCUT2D eigenvalue weighted by Gasteiger charge is 2.14. The molecule has 0 aliphatic carbocycles. The Balaban J connectivity index is 1.84. The highest BCUT2D eigenvalue weighted by molar-refractivity contribution is 7.90. The van der Waals surface area contributed by atoms with Crippen molar-refractivity contribution in [3.8, 4) is 11.5 Å². The molecule has 1 N–H and O–H groups in total. The van der Waals surface area contributed by atoms with Gasteiger partial charge in [0.15, 0.2) is 17.5 Å². The van der Waals surface area contributed by atoms with Gasteiger partial charge < -0.3 is 24.4 Å². The van der Waals surface area contributed by atoms with Gasteiger partial charge in [-0.05, 0) is 24.6 Å². The molecule has 0 saturated heterocycles. The molecule has 0 spiro atoms. The van der Waals surface area contributed by atoms with Gasteiger partial charge in [-0.15, -0.1) is 0 Å². The van der Waals surface area contributed by atoms with Crippen molar-refractivity contribution in [2.24, 2.45) is 4.99 Å². The summed E-state index contributed by atoms with van der Waals surface area (Å²) in [6.07, 6.45) is 1.20. The van der Waals surface area contributed by atoms with Crippen molar-refractivity contribution in [2.45, 2.75) is 13.5 Å². The zero-order valence-corrected chi connectivity index (χ0v) is 16.3. The van der Waals surface area contributed by atoms with E-state index in [0.717, 1.165) is 29.6 Å². The third-order valence-corrected chi connectivity index (χ3v) is 4.56. The fourth-order valence-corrected chi connectivity index (χ4v) is 2.81. The van der Waals surface area contributed by atoms with Crippen molar-refractivity contribution in [3.05, 3.63) is 23.8 Å². The molecule has 9 heteroatoms. The van der Waals surface area contributed by atoms with E-state index in [1.807, 2.05) is 37.1 Å². The second-order valence-corrected chi connectivity index (χ2v) is 8.28. The van der Waals surface area contributed by atoms with Crippen LogP contribution in [0.2, 0.25) is 0 Å². The molecule has 26 heavy (non-hydrogen) atoms. The molecule has 0 bridgehead atoms. The smallest absolute Gasteiger partial charge is 0.231 e. The van der Waals surface area contributed by atoms with Crippen LogP contribution in [0.15, 0.2) is 23.2 Å². The van der Waals surface area contributed by atoms with E-state index < -0.39 is 9.84 Å². The summed E-state index contributed by atoms with van der Waals surface area (Å²) in [6, 6.07) is 5.88. The predicted octanol–water partition coefficient (Wildman–Crippen LogP) is 0.874. The van der Waals surface area contributed by atoms with Gasteiger partial charge in [-0.25, -0.2) is 8.42 Å². The summed E-state index contributed by atoms with van der Waals surface area (Å²) in [5.74, 6) is 2.32. The van der Waals surface area contributed by atoms with Gasteiger partial charge in [0, 0.05) is 26.4 Å². The molecule has 1 aliphatic rings. The number of guanidine groups is 1.